The number of H-pyrrole nitrogens is 1. The number of nitrogens with two attached hydrogens (primary N) is 1. The second kappa shape index (κ2) is 6.29. The fourth-order valence-electron chi connectivity index (χ4n) is 3.44. The van der Waals surface area contributed by atoms with E-state index in [0.717, 1.165) is 31.4 Å². The molecule has 0 saturated carbocycles. The molecular formula is C19H19FN4O. The Labute approximate surface area is 144 Å². The minimum Gasteiger partial charge on any atom is -0.366 e. The number of aromatic amines is 1. The molecule has 5 nitrogen and oxygen atoms in total. The second-order valence-electron chi connectivity index (χ2n) is 6.39. The lowest BCUT2D eigenvalue weighted by atomic mass is 9.96. The van der Waals surface area contributed by atoms with Crippen molar-refractivity contribution >= 4 is 16.9 Å². The number of piperidine rings is 1. The molecule has 1 aliphatic heterocycles. The van der Waals surface area contributed by atoms with Crippen LogP contribution >= 0.6 is 0 Å². The van der Waals surface area contributed by atoms with Gasteiger partial charge in [0.25, 0.3) is 5.91 Å². The number of primary amides is 1. The van der Waals surface area contributed by atoms with E-state index in [4.69, 9.17) is 5.73 Å². The van der Waals surface area contributed by atoms with Gasteiger partial charge in [-0.25, -0.2) is 9.37 Å². The van der Waals surface area contributed by atoms with Crippen molar-refractivity contribution in [2.75, 3.05) is 6.54 Å². The van der Waals surface area contributed by atoms with Crippen molar-refractivity contribution in [2.24, 2.45) is 5.73 Å². The Morgan fingerprint density at radius 2 is 2.12 bits per heavy atom. The summed E-state index contributed by atoms with van der Waals surface area (Å²) in [5.74, 6) is -0.489. The fraction of sp³-hybridized carbons (Fsp3) is 0.263. The summed E-state index contributed by atoms with van der Waals surface area (Å²) in [6.45, 7) is 0.966. The first kappa shape index (κ1) is 15.8. The summed E-state index contributed by atoms with van der Waals surface area (Å²) in [6, 6.07) is 10.6. The molecule has 2 aromatic carbocycles. The van der Waals surface area contributed by atoms with Crippen molar-refractivity contribution in [3.05, 3.63) is 53.3 Å². The fourth-order valence-corrected chi connectivity index (χ4v) is 3.44. The lowest BCUT2D eigenvalue weighted by molar-refractivity contribution is 0.100. The van der Waals surface area contributed by atoms with Gasteiger partial charge in [0, 0.05) is 6.04 Å². The maximum Gasteiger partial charge on any atom is 0.250 e. The molecule has 1 amide bonds. The Morgan fingerprint density at radius 1 is 1.24 bits per heavy atom. The first-order valence-electron chi connectivity index (χ1n) is 8.45. The Hall–Kier alpha value is -2.73. The molecule has 3 aromatic rings. The highest BCUT2D eigenvalue weighted by molar-refractivity contribution is 6.04. The van der Waals surface area contributed by atoms with Crippen molar-refractivity contribution in [3.63, 3.8) is 0 Å². The number of hydrogen-bond acceptors (Lipinski definition) is 3. The highest BCUT2D eigenvalue weighted by Gasteiger charge is 2.18. The van der Waals surface area contributed by atoms with Gasteiger partial charge >= 0.3 is 0 Å². The molecule has 1 atom stereocenters. The van der Waals surface area contributed by atoms with Gasteiger partial charge in [-0.3, -0.25) is 4.79 Å². The Balaban J connectivity index is 1.73. The largest absolute Gasteiger partial charge is 0.366 e. The molecule has 2 heterocycles. The van der Waals surface area contributed by atoms with Crippen molar-refractivity contribution in [1.29, 1.82) is 0 Å². The van der Waals surface area contributed by atoms with E-state index in [1.807, 2.05) is 6.07 Å². The van der Waals surface area contributed by atoms with Crippen molar-refractivity contribution in [1.82, 2.24) is 15.3 Å². The standard InChI is InChI=1S/C19H19FN4O/c20-14-10-11(15-5-1-2-9-22-15)7-8-12(14)19-23-16-6-3-4-13(18(21)25)17(16)24-19/h3-4,6-8,10,15,22H,1-2,5,9H2,(H2,21,25)(H,23,24)/t15-/m1/s1. The van der Waals surface area contributed by atoms with E-state index in [2.05, 4.69) is 15.3 Å². The summed E-state index contributed by atoms with van der Waals surface area (Å²) < 4.78 is 14.7. The molecule has 25 heavy (non-hydrogen) atoms. The van der Waals surface area contributed by atoms with Crippen LogP contribution in [0, 0.1) is 5.82 Å². The number of nitrogens with one attached hydrogen (secondary N) is 2. The molecule has 0 radical (unpaired) electrons. The molecule has 1 fully saturated rings. The molecular weight excluding hydrogens is 319 g/mol. The second-order valence-corrected chi connectivity index (χ2v) is 6.39. The lowest BCUT2D eigenvalue weighted by Gasteiger charge is -2.24. The van der Waals surface area contributed by atoms with Gasteiger partial charge in [-0.15, -0.1) is 0 Å². The van der Waals surface area contributed by atoms with Crippen LogP contribution in [0.2, 0.25) is 0 Å². The third-order valence-electron chi connectivity index (χ3n) is 4.74. The highest BCUT2D eigenvalue weighted by atomic mass is 19.1. The zero-order valence-corrected chi connectivity index (χ0v) is 13.7. The van der Waals surface area contributed by atoms with E-state index in [1.165, 1.54) is 0 Å². The molecule has 1 aromatic heterocycles. The zero-order chi connectivity index (χ0) is 17.4. The number of aromatic nitrogens is 2. The first-order valence-corrected chi connectivity index (χ1v) is 8.45. The number of amides is 1. The average Bonchev–Trinajstić information content (AvgIpc) is 3.06. The predicted octanol–water partition coefficient (Wildman–Crippen LogP) is 3.28. The Kier molecular flexibility index (Phi) is 3.97. The number of imidazole rings is 1. The number of fused-ring (bicyclic) bond motifs is 1. The van der Waals surface area contributed by atoms with Gasteiger partial charge in [-0.1, -0.05) is 18.6 Å². The van der Waals surface area contributed by atoms with Gasteiger partial charge < -0.3 is 16.0 Å². The molecule has 1 saturated heterocycles. The normalized spacial score (nSPS) is 17.7. The minimum atomic E-state index is -0.553. The van der Waals surface area contributed by atoms with Crippen molar-refractivity contribution in [3.8, 4) is 11.4 Å². The monoisotopic (exact) mass is 338 g/mol. The number of benzene rings is 2. The van der Waals surface area contributed by atoms with Gasteiger partial charge in [0.1, 0.15) is 17.2 Å². The van der Waals surface area contributed by atoms with Gasteiger partial charge in [-0.05, 0) is 49.2 Å². The van der Waals surface area contributed by atoms with Crippen LogP contribution in [-0.4, -0.2) is 22.4 Å². The van der Waals surface area contributed by atoms with E-state index in [1.54, 1.807) is 30.3 Å². The average molecular weight is 338 g/mol. The third kappa shape index (κ3) is 2.89. The topological polar surface area (TPSA) is 83.8 Å². The zero-order valence-electron chi connectivity index (χ0n) is 13.7. The molecule has 0 unspecified atom stereocenters. The van der Waals surface area contributed by atoms with Crippen LogP contribution in [0.1, 0.15) is 41.2 Å². The highest BCUT2D eigenvalue weighted by Crippen LogP contribution is 2.29. The summed E-state index contributed by atoms with van der Waals surface area (Å²) in [5, 5.41) is 3.42. The molecule has 6 heteroatoms. The van der Waals surface area contributed by atoms with Gasteiger partial charge in [0.05, 0.1) is 16.6 Å². The maximum atomic E-state index is 14.7. The number of para-hydroxylation sites is 1. The number of carbonyl (C=O) groups is 1. The third-order valence-corrected chi connectivity index (χ3v) is 4.74. The number of carbonyl (C=O) groups excluding carboxylic acids is 1. The van der Waals surface area contributed by atoms with E-state index in [-0.39, 0.29) is 11.9 Å². The summed E-state index contributed by atoms with van der Waals surface area (Å²) in [5.41, 5.74) is 8.16. The summed E-state index contributed by atoms with van der Waals surface area (Å²) in [7, 11) is 0. The molecule has 4 rings (SSSR count). The van der Waals surface area contributed by atoms with Crippen LogP contribution in [0.25, 0.3) is 22.4 Å². The molecule has 0 spiro atoms. The summed E-state index contributed by atoms with van der Waals surface area (Å²) >= 11 is 0. The van der Waals surface area contributed by atoms with Crippen LogP contribution < -0.4 is 11.1 Å². The van der Waals surface area contributed by atoms with E-state index < -0.39 is 5.91 Å². The van der Waals surface area contributed by atoms with Gasteiger partial charge in [0.15, 0.2) is 0 Å². The molecule has 0 bridgehead atoms. The molecule has 4 N–H and O–H groups in total. The van der Waals surface area contributed by atoms with Crippen LogP contribution in [0.3, 0.4) is 0 Å². The minimum absolute atomic E-state index is 0.203. The Bertz CT molecular complexity index is 944. The molecule has 128 valence electrons. The number of hydrogen-bond donors (Lipinski definition) is 3. The molecule has 0 aliphatic carbocycles. The molecule has 1 aliphatic rings. The van der Waals surface area contributed by atoms with Crippen molar-refractivity contribution in [2.45, 2.75) is 25.3 Å². The van der Waals surface area contributed by atoms with E-state index in [9.17, 15) is 9.18 Å². The SMILES string of the molecule is NC(=O)c1cccc2[nH]c(-c3ccc([C@H]4CCCCN4)cc3F)nc12. The quantitative estimate of drug-likeness (QED) is 0.685. The van der Waals surface area contributed by atoms with Crippen LogP contribution in [0.15, 0.2) is 36.4 Å². The van der Waals surface area contributed by atoms with Gasteiger partial charge in [-0.2, -0.15) is 0 Å². The van der Waals surface area contributed by atoms with Crippen LogP contribution in [0.5, 0.6) is 0 Å². The smallest absolute Gasteiger partial charge is 0.250 e. The first-order chi connectivity index (χ1) is 12.1. The van der Waals surface area contributed by atoms with Gasteiger partial charge in [0.2, 0.25) is 0 Å². The maximum absolute atomic E-state index is 14.7. The summed E-state index contributed by atoms with van der Waals surface area (Å²) in [6.07, 6.45) is 3.34. The van der Waals surface area contributed by atoms with Crippen LogP contribution in [-0.2, 0) is 0 Å². The predicted molar refractivity (Wildman–Crippen MR) is 94.6 cm³/mol. The van der Waals surface area contributed by atoms with Crippen molar-refractivity contribution < 1.29 is 9.18 Å². The number of nitrogens with zero attached hydrogens (tertiary/aromatic N) is 1. The number of halogens is 1. The van der Waals surface area contributed by atoms with Crippen LogP contribution in [0.4, 0.5) is 4.39 Å². The van der Waals surface area contributed by atoms with E-state index >= 15 is 0 Å². The lowest BCUT2D eigenvalue weighted by Crippen LogP contribution is -2.26. The van der Waals surface area contributed by atoms with E-state index in [0.29, 0.717) is 28.0 Å². The number of rotatable bonds is 3. The summed E-state index contributed by atoms with van der Waals surface area (Å²) in [4.78, 5) is 19.0. The Morgan fingerprint density at radius 3 is 2.84 bits per heavy atom.